The number of ether oxygens (including phenoxy) is 2. The fraction of sp³-hybridized carbons (Fsp3) is 0.308. The lowest BCUT2D eigenvalue weighted by molar-refractivity contribution is -0.147. The summed E-state index contributed by atoms with van der Waals surface area (Å²) in [7, 11) is 0. The summed E-state index contributed by atoms with van der Waals surface area (Å²) in [6.45, 7) is 5.81. The van der Waals surface area contributed by atoms with Crippen molar-refractivity contribution in [2.75, 3.05) is 13.2 Å². The monoisotopic (exact) mass is 220 g/mol. The Morgan fingerprint density at radius 3 is 2.56 bits per heavy atom. The van der Waals surface area contributed by atoms with Crippen molar-refractivity contribution < 1.29 is 14.3 Å². The van der Waals surface area contributed by atoms with Gasteiger partial charge in [0, 0.05) is 6.42 Å². The molecule has 0 saturated heterocycles. The lowest BCUT2D eigenvalue weighted by atomic mass is 10.1. The van der Waals surface area contributed by atoms with E-state index in [2.05, 4.69) is 6.58 Å². The minimum absolute atomic E-state index is 0.0699. The summed E-state index contributed by atoms with van der Waals surface area (Å²) >= 11 is 0. The van der Waals surface area contributed by atoms with Crippen LogP contribution < -0.4 is 0 Å². The summed E-state index contributed by atoms with van der Waals surface area (Å²) in [5, 5.41) is 0. The molecule has 1 aromatic carbocycles. The Labute approximate surface area is 95.7 Å². The Morgan fingerprint density at radius 2 is 1.94 bits per heavy atom. The number of rotatable bonds is 6. The molecule has 1 rings (SSSR count). The summed E-state index contributed by atoms with van der Waals surface area (Å²) in [6, 6.07) is 9.82. The lowest BCUT2D eigenvalue weighted by Gasteiger charge is -2.08. The predicted octanol–water partition coefficient (Wildman–Crippen LogP) is 2.32. The molecule has 86 valence electrons. The molecule has 16 heavy (non-hydrogen) atoms. The minimum Gasteiger partial charge on any atom is -0.487 e. The third-order valence-electron chi connectivity index (χ3n) is 1.94. The molecule has 0 atom stereocenters. The summed E-state index contributed by atoms with van der Waals surface area (Å²) in [4.78, 5) is 11.0. The zero-order valence-electron chi connectivity index (χ0n) is 9.44. The summed E-state index contributed by atoms with van der Waals surface area (Å²) in [5.74, 6) is 0.205. The average Bonchev–Trinajstić information content (AvgIpc) is 2.28. The average molecular weight is 220 g/mol. The van der Waals surface area contributed by atoms with Gasteiger partial charge in [-0.25, -0.2) is 4.79 Å². The minimum atomic E-state index is -0.364. The number of hydrogen-bond donors (Lipinski definition) is 0. The van der Waals surface area contributed by atoms with Crippen LogP contribution in [0.15, 0.2) is 42.7 Å². The molecule has 0 aliphatic heterocycles. The molecule has 0 fully saturated rings. The smallest absolute Gasteiger partial charge is 0.344 e. The van der Waals surface area contributed by atoms with Gasteiger partial charge in [-0.3, -0.25) is 0 Å². The molecule has 0 heterocycles. The van der Waals surface area contributed by atoms with Crippen molar-refractivity contribution in [1.29, 1.82) is 0 Å². The molecular weight excluding hydrogens is 204 g/mol. The first-order chi connectivity index (χ1) is 7.72. The first-order valence-corrected chi connectivity index (χ1v) is 5.22. The molecule has 0 unspecified atom stereocenters. The van der Waals surface area contributed by atoms with Crippen LogP contribution in [0.2, 0.25) is 0 Å². The third-order valence-corrected chi connectivity index (χ3v) is 1.94. The number of hydrogen-bond acceptors (Lipinski definition) is 3. The lowest BCUT2D eigenvalue weighted by Crippen LogP contribution is -2.12. The van der Waals surface area contributed by atoms with Gasteiger partial charge in [-0.05, 0) is 12.5 Å². The van der Waals surface area contributed by atoms with Crippen LogP contribution in [0.3, 0.4) is 0 Å². The zero-order chi connectivity index (χ0) is 11.8. The highest BCUT2D eigenvalue weighted by Gasteiger charge is 2.04. The van der Waals surface area contributed by atoms with Gasteiger partial charge in [-0.15, -0.1) is 0 Å². The Kier molecular flexibility index (Phi) is 5.12. The summed E-state index contributed by atoms with van der Waals surface area (Å²) in [6.07, 6.45) is 0.611. The molecule has 0 radical (unpaired) electrons. The molecule has 3 heteroatoms. The molecule has 3 nitrogen and oxygen atoms in total. The van der Waals surface area contributed by atoms with E-state index in [0.717, 1.165) is 5.56 Å². The number of allylic oxidation sites excluding steroid dienone is 1. The highest BCUT2D eigenvalue weighted by atomic mass is 16.6. The van der Waals surface area contributed by atoms with E-state index in [9.17, 15) is 4.79 Å². The molecular formula is C13H16O3. The van der Waals surface area contributed by atoms with Gasteiger partial charge in [0.15, 0.2) is 6.61 Å². The van der Waals surface area contributed by atoms with Gasteiger partial charge in [-0.2, -0.15) is 0 Å². The van der Waals surface area contributed by atoms with Crippen LogP contribution in [0.5, 0.6) is 0 Å². The first-order valence-electron chi connectivity index (χ1n) is 5.22. The number of carbonyl (C=O) groups excluding carboxylic acids is 1. The van der Waals surface area contributed by atoms with Crippen molar-refractivity contribution in [1.82, 2.24) is 0 Å². The zero-order valence-corrected chi connectivity index (χ0v) is 9.44. The maximum Gasteiger partial charge on any atom is 0.344 e. The first kappa shape index (κ1) is 12.3. The van der Waals surface area contributed by atoms with Gasteiger partial charge in [0.25, 0.3) is 0 Å². The molecule has 0 N–H and O–H groups in total. The fourth-order valence-corrected chi connectivity index (χ4v) is 1.24. The van der Waals surface area contributed by atoms with Crippen molar-refractivity contribution in [3.05, 3.63) is 48.2 Å². The Hall–Kier alpha value is -1.77. The highest BCUT2D eigenvalue weighted by Crippen LogP contribution is 2.07. The van der Waals surface area contributed by atoms with Crippen molar-refractivity contribution in [2.24, 2.45) is 0 Å². The predicted molar refractivity (Wildman–Crippen MR) is 61.9 cm³/mol. The van der Waals surface area contributed by atoms with Gasteiger partial charge in [0.2, 0.25) is 0 Å². The van der Waals surface area contributed by atoms with E-state index in [1.807, 2.05) is 30.3 Å². The Morgan fingerprint density at radius 1 is 1.25 bits per heavy atom. The van der Waals surface area contributed by atoms with E-state index >= 15 is 0 Å². The number of benzene rings is 1. The summed E-state index contributed by atoms with van der Waals surface area (Å²) in [5.41, 5.74) is 1.11. The normalized spacial score (nSPS) is 9.56. The van der Waals surface area contributed by atoms with Crippen LogP contribution in [0.25, 0.3) is 0 Å². The molecule has 0 aromatic heterocycles. The number of esters is 1. The van der Waals surface area contributed by atoms with Crippen LogP contribution >= 0.6 is 0 Å². The molecule has 0 aliphatic rings. The second-order valence-corrected chi connectivity index (χ2v) is 3.29. The molecule has 0 bridgehead atoms. The second-order valence-electron chi connectivity index (χ2n) is 3.29. The SMILES string of the molecule is C=C(Cc1ccccc1)OCC(=O)OCC. The Balaban J connectivity index is 2.29. The molecule has 0 saturated carbocycles. The van der Waals surface area contributed by atoms with E-state index < -0.39 is 0 Å². The second kappa shape index (κ2) is 6.67. The molecule has 0 spiro atoms. The van der Waals surface area contributed by atoms with Crippen LogP contribution in [0.4, 0.5) is 0 Å². The topological polar surface area (TPSA) is 35.5 Å². The quantitative estimate of drug-likeness (QED) is 0.545. The van der Waals surface area contributed by atoms with Crippen molar-refractivity contribution in [2.45, 2.75) is 13.3 Å². The van der Waals surface area contributed by atoms with E-state index in [-0.39, 0.29) is 12.6 Å². The molecule has 1 aromatic rings. The van der Waals surface area contributed by atoms with E-state index in [4.69, 9.17) is 9.47 Å². The fourth-order valence-electron chi connectivity index (χ4n) is 1.24. The maximum absolute atomic E-state index is 11.0. The van der Waals surface area contributed by atoms with Crippen molar-refractivity contribution in [3.8, 4) is 0 Å². The van der Waals surface area contributed by atoms with Crippen LogP contribution in [0.1, 0.15) is 12.5 Å². The van der Waals surface area contributed by atoms with Gasteiger partial charge in [0.05, 0.1) is 12.4 Å². The third kappa shape index (κ3) is 4.64. The van der Waals surface area contributed by atoms with E-state index in [1.165, 1.54) is 0 Å². The molecule has 0 aliphatic carbocycles. The van der Waals surface area contributed by atoms with Crippen LogP contribution in [-0.4, -0.2) is 19.2 Å². The Bertz CT molecular complexity index is 343. The van der Waals surface area contributed by atoms with E-state index in [0.29, 0.717) is 18.8 Å². The van der Waals surface area contributed by atoms with E-state index in [1.54, 1.807) is 6.92 Å². The largest absolute Gasteiger partial charge is 0.487 e. The van der Waals surface area contributed by atoms with Crippen molar-refractivity contribution >= 4 is 5.97 Å². The van der Waals surface area contributed by atoms with Crippen LogP contribution in [-0.2, 0) is 20.7 Å². The number of carbonyl (C=O) groups is 1. The maximum atomic E-state index is 11.0. The van der Waals surface area contributed by atoms with Crippen LogP contribution in [0, 0.1) is 0 Å². The van der Waals surface area contributed by atoms with Gasteiger partial charge in [-0.1, -0.05) is 36.9 Å². The highest BCUT2D eigenvalue weighted by molar-refractivity contribution is 5.70. The van der Waals surface area contributed by atoms with Crippen molar-refractivity contribution in [3.63, 3.8) is 0 Å². The molecule has 0 amide bonds. The summed E-state index contributed by atoms with van der Waals surface area (Å²) < 4.78 is 9.93. The van der Waals surface area contributed by atoms with Gasteiger partial charge < -0.3 is 9.47 Å². The standard InChI is InChI=1S/C13H16O3/c1-3-15-13(14)10-16-11(2)9-12-7-5-4-6-8-12/h4-8H,2-3,9-10H2,1H3. The van der Waals surface area contributed by atoms with Gasteiger partial charge in [0.1, 0.15) is 0 Å². The van der Waals surface area contributed by atoms with Gasteiger partial charge >= 0.3 is 5.97 Å².